The smallest absolute Gasteiger partial charge is 0.319 e. The van der Waals surface area contributed by atoms with Crippen LogP contribution >= 0.6 is 15.9 Å². The lowest BCUT2D eigenvalue weighted by Gasteiger charge is -2.11. The van der Waals surface area contributed by atoms with Crippen molar-refractivity contribution in [1.82, 2.24) is 15.2 Å². The zero-order chi connectivity index (χ0) is 14.9. The minimum atomic E-state index is -4.51. The lowest BCUT2D eigenvalue weighted by molar-refractivity contribution is -0.138. The van der Waals surface area contributed by atoms with Crippen LogP contribution in [0.4, 0.5) is 18.9 Å². The van der Waals surface area contributed by atoms with Gasteiger partial charge in [0.25, 0.3) is 5.91 Å². The minimum absolute atomic E-state index is 0.00739. The van der Waals surface area contributed by atoms with Crippen molar-refractivity contribution in [2.24, 2.45) is 0 Å². The largest absolute Gasteiger partial charge is 0.417 e. The first-order chi connectivity index (χ1) is 9.27. The Labute approximate surface area is 119 Å². The van der Waals surface area contributed by atoms with E-state index in [1.807, 2.05) is 0 Å². The summed E-state index contributed by atoms with van der Waals surface area (Å²) in [4.78, 5) is 15.5. The molecule has 0 aliphatic rings. The van der Waals surface area contributed by atoms with Gasteiger partial charge in [-0.2, -0.15) is 13.2 Å². The molecule has 1 aromatic carbocycles. The number of carbonyl (C=O) groups is 1. The van der Waals surface area contributed by atoms with E-state index in [4.69, 9.17) is 0 Å². The van der Waals surface area contributed by atoms with E-state index in [2.05, 4.69) is 36.4 Å². The van der Waals surface area contributed by atoms with Gasteiger partial charge in [-0.1, -0.05) is 15.9 Å². The third kappa shape index (κ3) is 3.16. The first-order valence-electron chi connectivity index (χ1n) is 5.34. The molecule has 0 saturated carbocycles. The molecule has 0 atom stereocenters. The van der Waals surface area contributed by atoms with E-state index >= 15 is 0 Å². The number of benzene rings is 1. The number of alkyl halides is 3. The normalized spacial score (nSPS) is 11.4. The summed E-state index contributed by atoms with van der Waals surface area (Å²) in [6.07, 6.45) is -4.51. The van der Waals surface area contributed by atoms with Gasteiger partial charge in [0, 0.05) is 10.2 Å². The summed E-state index contributed by atoms with van der Waals surface area (Å²) in [6.45, 7) is 1.60. The number of carbonyl (C=O) groups excluding carboxylic acids is 1. The van der Waals surface area contributed by atoms with E-state index in [0.29, 0.717) is 5.82 Å². The Morgan fingerprint density at radius 2 is 2.10 bits per heavy atom. The first kappa shape index (κ1) is 14.5. The molecule has 0 aliphatic heterocycles. The summed E-state index contributed by atoms with van der Waals surface area (Å²) in [5, 5.41) is 8.40. The van der Waals surface area contributed by atoms with Crippen LogP contribution in [0.5, 0.6) is 0 Å². The Morgan fingerprint density at radius 3 is 2.65 bits per heavy atom. The van der Waals surface area contributed by atoms with Crippen molar-refractivity contribution in [1.29, 1.82) is 0 Å². The van der Waals surface area contributed by atoms with Crippen LogP contribution < -0.4 is 5.32 Å². The second-order valence-corrected chi connectivity index (χ2v) is 4.75. The van der Waals surface area contributed by atoms with Crippen LogP contribution in [0.1, 0.15) is 22.0 Å². The molecular formula is C11H8BrF3N4O. The van der Waals surface area contributed by atoms with Crippen LogP contribution in [0.2, 0.25) is 0 Å². The van der Waals surface area contributed by atoms with Gasteiger partial charge in [0.15, 0.2) is 0 Å². The molecule has 9 heteroatoms. The second-order valence-electron chi connectivity index (χ2n) is 3.89. The van der Waals surface area contributed by atoms with Gasteiger partial charge in [0.2, 0.25) is 5.82 Å². The molecule has 2 aromatic rings. The van der Waals surface area contributed by atoms with E-state index in [1.165, 1.54) is 12.1 Å². The Kier molecular flexibility index (Phi) is 3.80. The predicted octanol–water partition coefficient (Wildman–Crippen LogP) is 3.15. The van der Waals surface area contributed by atoms with E-state index in [9.17, 15) is 18.0 Å². The molecule has 0 fully saturated rings. The molecule has 1 aromatic heterocycles. The minimum Gasteiger partial charge on any atom is -0.319 e. The molecule has 2 rings (SSSR count). The number of nitrogens with one attached hydrogen (secondary N) is 2. The fourth-order valence-electron chi connectivity index (χ4n) is 1.45. The lowest BCUT2D eigenvalue weighted by atomic mass is 10.2. The summed E-state index contributed by atoms with van der Waals surface area (Å²) in [5.41, 5.74) is -0.866. The molecule has 1 amide bonds. The number of aromatic amines is 1. The van der Waals surface area contributed by atoms with Crippen molar-refractivity contribution in [3.8, 4) is 0 Å². The monoisotopic (exact) mass is 348 g/mol. The molecule has 0 radical (unpaired) electrons. The van der Waals surface area contributed by atoms with Gasteiger partial charge in [-0.25, -0.2) is 4.98 Å². The average Bonchev–Trinajstić information content (AvgIpc) is 2.77. The molecular weight excluding hydrogens is 341 g/mol. The maximum absolute atomic E-state index is 12.7. The quantitative estimate of drug-likeness (QED) is 0.875. The molecule has 0 bridgehead atoms. The van der Waals surface area contributed by atoms with Gasteiger partial charge in [-0.15, -0.1) is 5.10 Å². The van der Waals surface area contributed by atoms with Gasteiger partial charge >= 0.3 is 6.18 Å². The zero-order valence-corrected chi connectivity index (χ0v) is 11.6. The summed E-state index contributed by atoms with van der Waals surface area (Å²) < 4.78 is 38.1. The van der Waals surface area contributed by atoms with E-state index in [-0.39, 0.29) is 16.0 Å². The SMILES string of the molecule is Cc1nc(C(=O)Nc2ccc(Br)c(C(F)(F)F)c2)n[nH]1. The number of rotatable bonds is 2. The number of aromatic nitrogens is 3. The summed E-state index contributed by atoms with van der Waals surface area (Å²) in [6, 6.07) is 3.39. The van der Waals surface area contributed by atoms with E-state index < -0.39 is 17.6 Å². The topological polar surface area (TPSA) is 70.7 Å². The van der Waals surface area contributed by atoms with E-state index in [1.54, 1.807) is 6.92 Å². The van der Waals surface area contributed by atoms with Crippen LogP contribution in [-0.2, 0) is 6.18 Å². The Hall–Kier alpha value is -1.90. The van der Waals surface area contributed by atoms with Gasteiger partial charge in [0.1, 0.15) is 5.82 Å². The number of anilines is 1. The highest BCUT2D eigenvalue weighted by Gasteiger charge is 2.33. The number of nitrogens with zero attached hydrogens (tertiary/aromatic N) is 2. The third-order valence-corrected chi connectivity index (χ3v) is 3.02. The summed E-state index contributed by atoms with van der Waals surface area (Å²) in [5.74, 6) is -0.397. The predicted molar refractivity (Wildman–Crippen MR) is 68.2 cm³/mol. The fraction of sp³-hybridized carbons (Fsp3) is 0.182. The van der Waals surface area contributed by atoms with Gasteiger partial charge in [-0.05, 0) is 25.1 Å². The standard InChI is InChI=1S/C11H8BrF3N4O/c1-5-16-9(19-18-5)10(20)17-6-2-3-8(12)7(4-6)11(13,14)15/h2-4H,1H3,(H,17,20)(H,16,18,19). The maximum atomic E-state index is 12.7. The van der Waals surface area contributed by atoms with Crippen molar-refractivity contribution in [2.45, 2.75) is 13.1 Å². The highest BCUT2D eigenvalue weighted by Crippen LogP contribution is 2.36. The number of hydrogen-bond acceptors (Lipinski definition) is 3. The Bertz CT molecular complexity index is 653. The number of halogens is 4. The van der Waals surface area contributed by atoms with Crippen LogP contribution in [-0.4, -0.2) is 21.1 Å². The highest BCUT2D eigenvalue weighted by molar-refractivity contribution is 9.10. The first-order valence-corrected chi connectivity index (χ1v) is 6.14. The highest BCUT2D eigenvalue weighted by atomic mass is 79.9. The van der Waals surface area contributed by atoms with Crippen LogP contribution in [0.15, 0.2) is 22.7 Å². The fourth-order valence-corrected chi connectivity index (χ4v) is 1.92. The number of amides is 1. The number of hydrogen-bond donors (Lipinski definition) is 2. The maximum Gasteiger partial charge on any atom is 0.417 e. The van der Waals surface area contributed by atoms with Gasteiger partial charge in [-0.3, -0.25) is 9.89 Å². The molecule has 0 saturated heterocycles. The molecule has 0 spiro atoms. The van der Waals surface area contributed by atoms with Crippen LogP contribution in [0, 0.1) is 6.92 Å². The van der Waals surface area contributed by atoms with E-state index in [0.717, 1.165) is 6.07 Å². The molecule has 1 heterocycles. The number of aryl methyl sites for hydroxylation is 1. The lowest BCUT2D eigenvalue weighted by Crippen LogP contribution is -2.15. The van der Waals surface area contributed by atoms with Crippen molar-refractivity contribution >= 4 is 27.5 Å². The third-order valence-electron chi connectivity index (χ3n) is 2.33. The van der Waals surface area contributed by atoms with Gasteiger partial charge < -0.3 is 5.32 Å². The van der Waals surface area contributed by atoms with Crippen molar-refractivity contribution < 1.29 is 18.0 Å². The molecule has 20 heavy (non-hydrogen) atoms. The van der Waals surface area contributed by atoms with Crippen molar-refractivity contribution in [3.63, 3.8) is 0 Å². The molecule has 0 unspecified atom stereocenters. The zero-order valence-electron chi connectivity index (χ0n) is 10.0. The van der Waals surface area contributed by atoms with Gasteiger partial charge in [0.05, 0.1) is 5.56 Å². The van der Waals surface area contributed by atoms with Crippen LogP contribution in [0.3, 0.4) is 0 Å². The summed E-state index contributed by atoms with van der Waals surface area (Å²) in [7, 11) is 0. The van der Waals surface area contributed by atoms with Crippen molar-refractivity contribution in [2.75, 3.05) is 5.32 Å². The Balaban J connectivity index is 2.24. The Morgan fingerprint density at radius 1 is 1.40 bits per heavy atom. The molecule has 106 valence electrons. The number of H-pyrrole nitrogens is 1. The summed E-state index contributed by atoms with van der Waals surface area (Å²) >= 11 is 2.82. The molecule has 5 nitrogen and oxygen atoms in total. The molecule has 0 aliphatic carbocycles. The second kappa shape index (κ2) is 5.23. The molecule has 2 N–H and O–H groups in total. The average molecular weight is 349 g/mol. The van der Waals surface area contributed by atoms with Crippen molar-refractivity contribution in [3.05, 3.63) is 39.9 Å². The van der Waals surface area contributed by atoms with Crippen LogP contribution in [0.25, 0.3) is 0 Å².